The summed E-state index contributed by atoms with van der Waals surface area (Å²) in [6, 6.07) is -0.0251. The van der Waals surface area contributed by atoms with Crippen LogP contribution in [0.1, 0.15) is 31.5 Å². The van der Waals surface area contributed by atoms with Gasteiger partial charge in [-0.25, -0.2) is 34.5 Å². The summed E-state index contributed by atoms with van der Waals surface area (Å²) in [6.45, 7) is -7.15. The molecule has 16 nitrogen and oxygen atoms in total. The Kier molecular flexibility index (Phi) is 7.25. The first-order valence-corrected chi connectivity index (χ1v) is 18.9. The van der Waals surface area contributed by atoms with Crippen LogP contribution in [0, 0.1) is 11.8 Å². The maximum atomic E-state index is 13.5. The van der Waals surface area contributed by atoms with Crippen molar-refractivity contribution in [3.63, 3.8) is 0 Å². The Morgan fingerprint density at radius 3 is 2.21 bits per heavy atom. The Labute approximate surface area is 249 Å². The lowest BCUT2D eigenvalue weighted by Crippen LogP contribution is -2.41. The Hall–Kier alpha value is -2.30. The zero-order chi connectivity index (χ0) is 29.2. The first-order chi connectivity index (χ1) is 20.1. The van der Waals surface area contributed by atoms with Crippen LogP contribution >= 0.6 is 37.9 Å². The van der Waals surface area contributed by atoms with E-state index in [-0.39, 0.29) is 49.5 Å². The van der Waals surface area contributed by atoms with Gasteiger partial charge < -0.3 is 29.8 Å². The van der Waals surface area contributed by atoms with Crippen molar-refractivity contribution in [1.29, 1.82) is 0 Å². The average Bonchev–Trinajstić information content (AvgIpc) is 3.64. The number of anilines is 2. The van der Waals surface area contributed by atoms with Gasteiger partial charge in [0.05, 0.1) is 25.9 Å². The molecule has 4 aromatic heterocycles. The summed E-state index contributed by atoms with van der Waals surface area (Å²) in [4.78, 5) is 25.3. The summed E-state index contributed by atoms with van der Waals surface area (Å²) in [7, 11) is 0. The molecule has 7 rings (SSSR count). The molecule has 4 N–H and O–H groups in total. The van der Waals surface area contributed by atoms with Crippen molar-refractivity contribution in [3.05, 3.63) is 25.3 Å². The number of hydrogen-bond acceptors (Lipinski definition) is 14. The highest BCUT2D eigenvalue weighted by molar-refractivity contribution is 8.46. The maximum absolute atomic E-state index is 13.5. The molecule has 0 spiro atoms. The molecule has 6 heterocycles. The number of rotatable bonds is 2. The van der Waals surface area contributed by atoms with Crippen LogP contribution < -0.4 is 11.5 Å². The van der Waals surface area contributed by atoms with Gasteiger partial charge in [-0.15, -0.1) is 0 Å². The monoisotopic (exact) mass is 654 g/mol. The van der Waals surface area contributed by atoms with Gasteiger partial charge in [-0.05, 0) is 24.7 Å². The molecule has 224 valence electrons. The standard InChI is InChI=1S/C22H28N10O6P2S2/c23-19-17-21(27-7-25-19)31(9-29-17)13-3-11-5-36-40(34,42)38-14-4-16(32-10-30-18-20(24)26-8-28-22(18)32)37-15(14)6-35-39(33,41)2-1-12(11)13/h7-16H,1-6H2,(H,33,41)(H,34,42)(H2,23,25,27)(H2,24,26,28)/t11-,12-,13-,14+,15-,16-,39?,40?/m1/s1. The third-order valence-electron chi connectivity index (χ3n) is 8.17. The fraction of sp³-hybridized carbons (Fsp3) is 0.545. The number of hydrogen-bond donors (Lipinski definition) is 4. The van der Waals surface area contributed by atoms with Crippen LogP contribution in [0.4, 0.5) is 11.6 Å². The summed E-state index contributed by atoms with van der Waals surface area (Å²) in [6.07, 6.45) is 5.49. The van der Waals surface area contributed by atoms with Gasteiger partial charge in [-0.1, -0.05) is 24.5 Å². The van der Waals surface area contributed by atoms with Crippen molar-refractivity contribution in [2.75, 3.05) is 30.8 Å². The van der Waals surface area contributed by atoms with Crippen LogP contribution in [0.25, 0.3) is 22.3 Å². The van der Waals surface area contributed by atoms with Crippen LogP contribution in [0.5, 0.6) is 0 Å². The van der Waals surface area contributed by atoms with Gasteiger partial charge in [-0.3, -0.25) is 13.7 Å². The third-order valence-corrected chi connectivity index (χ3v) is 12.1. The van der Waals surface area contributed by atoms with Gasteiger partial charge >= 0.3 is 6.80 Å². The van der Waals surface area contributed by atoms with Gasteiger partial charge in [0.15, 0.2) is 22.9 Å². The molecule has 20 heteroatoms. The van der Waals surface area contributed by atoms with Gasteiger partial charge in [0.25, 0.3) is 6.57 Å². The van der Waals surface area contributed by atoms with E-state index in [1.807, 2.05) is 4.57 Å². The van der Waals surface area contributed by atoms with Crippen LogP contribution in [-0.4, -0.2) is 70.6 Å². The lowest BCUT2D eigenvalue weighted by molar-refractivity contribution is -0.0348. The predicted molar refractivity (Wildman–Crippen MR) is 158 cm³/mol. The number of imidazole rings is 2. The number of nitrogen functional groups attached to an aromatic ring is 2. The molecule has 2 unspecified atom stereocenters. The van der Waals surface area contributed by atoms with Gasteiger partial charge in [0, 0.05) is 18.6 Å². The van der Waals surface area contributed by atoms with Crippen molar-refractivity contribution in [2.45, 2.75) is 43.7 Å². The van der Waals surface area contributed by atoms with Gasteiger partial charge in [-0.2, -0.15) is 0 Å². The molecule has 1 saturated carbocycles. The van der Waals surface area contributed by atoms with E-state index in [1.165, 1.54) is 19.0 Å². The average molecular weight is 655 g/mol. The number of nitrogens with zero attached hydrogens (tertiary/aromatic N) is 8. The van der Waals surface area contributed by atoms with Crippen molar-refractivity contribution < 1.29 is 27.4 Å². The molecule has 0 radical (unpaired) electrons. The van der Waals surface area contributed by atoms with E-state index >= 15 is 0 Å². The number of thiol groups is 2. The minimum absolute atomic E-state index is 0.0131. The van der Waals surface area contributed by atoms with Crippen LogP contribution in [-0.2, 0) is 27.4 Å². The van der Waals surface area contributed by atoms with Crippen molar-refractivity contribution in [3.8, 4) is 0 Å². The molecule has 0 aromatic carbocycles. The van der Waals surface area contributed by atoms with E-state index in [2.05, 4.69) is 54.4 Å². The Morgan fingerprint density at radius 1 is 0.833 bits per heavy atom. The summed E-state index contributed by atoms with van der Waals surface area (Å²) in [5.74, 6) is 0.498. The van der Waals surface area contributed by atoms with Crippen molar-refractivity contribution in [1.82, 2.24) is 39.0 Å². The van der Waals surface area contributed by atoms with E-state index in [1.54, 1.807) is 10.9 Å². The van der Waals surface area contributed by atoms with E-state index in [4.69, 9.17) is 29.8 Å². The summed E-state index contributed by atoms with van der Waals surface area (Å²) < 4.78 is 54.3. The molecule has 1 aliphatic carbocycles. The highest BCUT2D eigenvalue weighted by Gasteiger charge is 2.47. The molecule has 2 saturated heterocycles. The van der Waals surface area contributed by atoms with E-state index in [9.17, 15) is 9.13 Å². The SMILES string of the molecule is Nc1ncnc2c1ncn2[C@@H]1C[C@@H]2COP(=O)(S)O[C@H]3C[C@H](n4cnc5c(N)ncnc54)O[C@@H]3COP(=O)(S)CC[C@H]21. The number of aromatic nitrogens is 8. The van der Waals surface area contributed by atoms with E-state index < -0.39 is 31.8 Å². The molecule has 8 atom stereocenters. The molecule has 0 bridgehead atoms. The Bertz CT molecular complexity index is 1680. The minimum Gasteiger partial charge on any atom is -0.382 e. The normalized spacial score (nSPS) is 36.0. The quantitative estimate of drug-likeness (QED) is 0.181. The molecular formula is C22H28N10O6P2S2. The number of nitrogens with two attached hydrogens (primary N) is 2. The summed E-state index contributed by atoms with van der Waals surface area (Å²) in [5.41, 5.74) is 13.9. The smallest absolute Gasteiger partial charge is 0.382 e. The molecular weight excluding hydrogens is 626 g/mol. The highest BCUT2D eigenvalue weighted by atomic mass is 32.7. The van der Waals surface area contributed by atoms with Crippen molar-refractivity contribution in [2.24, 2.45) is 11.8 Å². The molecule has 42 heavy (non-hydrogen) atoms. The second-order valence-electron chi connectivity index (χ2n) is 10.6. The summed E-state index contributed by atoms with van der Waals surface area (Å²) >= 11 is 8.70. The fourth-order valence-electron chi connectivity index (χ4n) is 6.00. The topological polar surface area (TPSA) is 210 Å². The zero-order valence-electron chi connectivity index (χ0n) is 22.0. The van der Waals surface area contributed by atoms with Crippen LogP contribution in [0.2, 0.25) is 0 Å². The molecule has 2 aliphatic heterocycles. The first kappa shape index (κ1) is 28.5. The number of fused-ring (bicyclic) bond motifs is 4. The second-order valence-corrected chi connectivity index (χ2v) is 17.3. The predicted octanol–water partition coefficient (Wildman–Crippen LogP) is 3.28. The maximum Gasteiger partial charge on any atom is 0.386 e. The third kappa shape index (κ3) is 5.21. The van der Waals surface area contributed by atoms with Crippen molar-refractivity contribution >= 4 is 71.8 Å². The molecule has 3 fully saturated rings. The fourth-order valence-corrected chi connectivity index (χ4v) is 9.25. The minimum atomic E-state index is -3.83. The lowest BCUT2D eigenvalue weighted by Gasteiger charge is -2.45. The lowest BCUT2D eigenvalue weighted by atomic mass is 9.68. The first-order valence-electron chi connectivity index (χ1n) is 13.2. The largest absolute Gasteiger partial charge is 0.386 e. The van der Waals surface area contributed by atoms with Gasteiger partial charge in [0.2, 0.25) is 0 Å². The molecule has 4 aromatic rings. The van der Waals surface area contributed by atoms with E-state index in [0.29, 0.717) is 41.0 Å². The Morgan fingerprint density at radius 2 is 1.50 bits per heavy atom. The zero-order valence-corrected chi connectivity index (χ0v) is 25.6. The molecule has 0 amide bonds. The second kappa shape index (κ2) is 10.7. The van der Waals surface area contributed by atoms with Crippen LogP contribution in [0.3, 0.4) is 0 Å². The Balaban J connectivity index is 1.12. The van der Waals surface area contributed by atoms with Gasteiger partial charge in [0.1, 0.15) is 42.1 Å². The molecule has 3 aliphatic rings. The van der Waals surface area contributed by atoms with E-state index in [0.717, 1.165) is 0 Å². The summed E-state index contributed by atoms with van der Waals surface area (Å²) in [5, 5.41) is 0. The highest BCUT2D eigenvalue weighted by Crippen LogP contribution is 2.61. The van der Waals surface area contributed by atoms with Crippen LogP contribution in [0.15, 0.2) is 25.3 Å². The number of ether oxygens (including phenoxy) is 1.